The van der Waals surface area contributed by atoms with Crippen molar-refractivity contribution in [2.75, 3.05) is 35.7 Å². The maximum absolute atomic E-state index is 12.8. The van der Waals surface area contributed by atoms with Crippen LogP contribution in [-0.2, 0) is 11.3 Å². The van der Waals surface area contributed by atoms with Gasteiger partial charge in [-0.3, -0.25) is 4.79 Å². The first-order valence-electron chi connectivity index (χ1n) is 14.1. The summed E-state index contributed by atoms with van der Waals surface area (Å²) in [6, 6.07) is 12.4. The van der Waals surface area contributed by atoms with E-state index in [0.29, 0.717) is 35.2 Å². The molecule has 3 aliphatic rings. The van der Waals surface area contributed by atoms with E-state index in [1.165, 1.54) is 30.4 Å². The Morgan fingerprint density at radius 3 is 2.75 bits per heavy atom. The lowest BCUT2D eigenvalue weighted by Gasteiger charge is -2.20. The van der Waals surface area contributed by atoms with Gasteiger partial charge in [0.15, 0.2) is 5.65 Å². The van der Waals surface area contributed by atoms with Gasteiger partial charge in [0.2, 0.25) is 5.91 Å². The van der Waals surface area contributed by atoms with E-state index < -0.39 is 0 Å². The van der Waals surface area contributed by atoms with Gasteiger partial charge < -0.3 is 25.3 Å². The number of hydrogen-bond acceptors (Lipinski definition) is 7. The molecule has 1 saturated heterocycles. The first-order valence-corrected chi connectivity index (χ1v) is 14.5. The fourth-order valence-electron chi connectivity index (χ4n) is 5.84. The summed E-state index contributed by atoms with van der Waals surface area (Å²) in [4.78, 5) is 28.9. The number of aromatic nitrogens is 4. The lowest BCUT2D eigenvalue weighted by Crippen LogP contribution is -2.29. The molecule has 1 aliphatic heterocycles. The molecule has 3 atom stereocenters. The van der Waals surface area contributed by atoms with Crippen LogP contribution in [0.1, 0.15) is 54.3 Å². The van der Waals surface area contributed by atoms with Crippen molar-refractivity contribution >= 4 is 40.5 Å². The maximum Gasteiger partial charge on any atom is 0.229 e. The molecular formula is C30H33ClN8O. The summed E-state index contributed by atoms with van der Waals surface area (Å²) in [5.41, 5.74) is 5.65. The van der Waals surface area contributed by atoms with Gasteiger partial charge in [0.25, 0.3) is 0 Å². The molecule has 3 fully saturated rings. The summed E-state index contributed by atoms with van der Waals surface area (Å²) in [5, 5.41) is 10.4. The van der Waals surface area contributed by atoms with Crippen LogP contribution in [-0.4, -0.2) is 51.4 Å². The van der Waals surface area contributed by atoms with Crippen molar-refractivity contribution in [3.63, 3.8) is 0 Å². The Bertz CT molecular complexity index is 1570. The molecule has 7 rings (SSSR count). The van der Waals surface area contributed by atoms with E-state index in [1.807, 2.05) is 31.3 Å². The topological polar surface area (TPSA) is 99.5 Å². The molecule has 2 saturated carbocycles. The second-order valence-electron chi connectivity index (χ2n) is 11.3. The quantitative estimate of drug-likeness (QED) is 0.272. The predicted octanol–water partition coefficient (Wildman–Crippen LogP) is 4.81. The van der Waals surface area contributed by atoms with Crippen LogP contribution < -0.4 is 20.9 Å². The molecule has 206 valence electrons. The molecule has 2 aliphatic carbocycles. The molecule has 40 heavy (non-hydrogen) atoms. The highest BCUT2D eigenvalue weighted by Gasteiger charge is 2.44. The summed E-state index contributed by atoms with van der Waals surface area (Å²) in [7, 11) is 2.04. The highest BCUT2D eigenvalue weighted by molar-refractivity contribution is 6.30. The monoisotopic (exact) mass is 556 g/mol. The van der Waals surface area contributed by atoms with Crippen LogP contribution >= 0.6 is 11.6 Å². The summed E-state index contributed by atoms with van der Waals surface area (Å²) in [6.45, 7) is 2.55. The molecule has 4 aromatic rings. The molecule has 4 heterocycles. The Morgan fingerprint density at radius 1 is 1.07 bits per heavy atom. The number of nitrogens with one attached hydrogen (secondary N) is 3. The van der Waals surface area contributed by atoms with Gasteiger partial charge >= 0.3 is 0 Å². The molecule has 3 unspecified atom stereocenters. The number of rotatable bonds is 9. The number of likely N-dealkylation sites (N-methyl/N-ethyl adjacent to an activating group) is 1. The first kappa shape index (κ1) is 25.3. The van der Waals surface area contributed by atoms with Crippen molar-refractivity contribution in [1.82, 2.24) is 24.7 Å². The van der Waals surface area contributed by atoms with Crippen molar-refractivity contribution in [1.29, 1.82) is 0 Å². The summed E-state index contributed by atoms with van der Waals surface area (Å²) >= 11 is 6.12. The zero-order valence-electron chi connectivity index (χ0n) is 22.5. The van der Waals surface area contributed by atoms with Crippen LogP contribution in [0.2, 0.25) is 5.02 Å². The molecule has 0 spiro atoms. The average Bonchev–Trinajstić information content (AvgIpc) is 3.88. The summed E-state index contributed by atoms with van der Waals surface area (Å²) in [6.07, 6.45) is 10.3. The van der Waals surface area contributed by atoms with Crippen molar-refractivity contribution in [3.8, 4) is 0 Å². The van der Waals surface area contributed by atoms with Gasteiger partial charge in [0.1, 0.15) is 18.0 Å². The van der Waals surface area contributed by atoms with Crippen LogP contribution in [0.4, 0.5) is 17.3 Å². The highest BCUT2D eigenvalue weighted by Crippen LogP contribution is 2.48. The van der Waals surface area contributed by atoms with Gasteiger partial charge in [-0.1, -0.05) is 23.7 Å². The van der Waals surface area contributed by atoms with Crippen molar-refractivity contribution in [2.45, 2.75) is 50.1 Å². The van der Waals surface area contributed by atoms with Crippen LogP contribution in [0.25, 0.3) is 5.65 Å². The van der Waals surface area contributed by atoms with Crippen LogP contribution in [0.5, 0.6) is 0 Å². The van der Waals surface area contributed by atoms with E-state index in [1.54, 1.807) is 6.07 Å². The Morgan fingerprint density at radius 2 is 1.95 bits per heavy atom. The number of anilines is 3. The number of carbonyl (C=O) groups excluding carboxylic acids is 1. The van der Waals surface area contributed by atoms with Gasteiger partial charge in [0.05, 0.1) is 17.9 Å². The number of benzene rings is 1. The van der Waals surface area contributed by atoms with Crippen molar-refractivity contribution in [3.05, 3.63) is 77.0 Å². The van der Waals surface area contributed by atoms with E-state index in [-0.39, 0.29) is 17.7 Å². The van der Waals surface area contributed by atoms with Crippen LogP contribution in [0.15, 0.2) is 55.1 Å². The Labute approximate surface area is 238 Å². The second-order valence-corrected chi connectivity index (χ2v) is 11.7. The standard InChI is InChI=1S/C30H33ClN8O/c1-32-22-7-8-38(15-22)26-10-20(18-5-6-18)14-39-16-23(36-29(26)39)13-33-27-12-28(35-17-34-27)37-30(40)25-11-24(25)19-3-2-4-21(31)9-19/h2-4,9-10,12,14,16-18,22,24-25,32H,5-8,11,13,15H2,1H3,(H2,33,34,35,37,40). The van der Waals surface area contributed by atoms with E-state index >= 15 is 0 Å². The fourth-order valence-corrected chi connectivity index (χ4v) is 6.04. The Kier molecular flexibility index (Phi) is 6.56. The highest BCUT2D eigenvalue weighted by atomic mass is 35.5. The summed E-state index contributed by atoms with van der Waals surface area (Å²) < 4.78 is 2.18. The lowest BCUT2D eigenvalue weighted by molar-refractivity contribution is -0.117. The molecule has 1 aromatic carbocycles. The molecule has 3 N–H and O–H groups in total. The molecule has 3 aromatic heterocycles. The van der Waals surface area contributed by atoms with Crippen LogP contribution in [0.3, 0.4) is 0 Å². The molecular weight excluding hydrogens is 524 g/mol. The number of fused-ring (bicyclic) bond motifs is 1. The number of amides is 1. The number of imidazole rings is 1. The molecule has 0 radical (unpaired) electrons. The van der Waals surface area contributed by atoms with Gasteiger partial charge in [-0.25, -0.2) is 15.0 Å². The van der Waals surface area contributed by atoms with Crippen molar-refractivity contribution < 1.29 is 4.79 Å². The van der Waals surface area contributed by atoms with E-state index in [9.17, 15) is 4.79 Å². The van der Waals surface area contributed by atoms with Crippen LogP contribution in [0, 0.1) is 5.92 Å². The normalized spacial score (nSPS) is 22.1. The van der Waals surface area contributed by atoms with E-state index in [0.717, 1.165) is 42.8 Å². The van der Waals surface area contributed by atoms with E-state index in [2.05, 4.69) is 53.7 Å². The third kappa shape index (κ3) is 5.23. The zero-order chi connectivity index (χ0) is 27.2. The van der Waals surface area contributed by atoms with Gasteiger partial charge in [-0.15, -0.1) is 0 Å². The lowest BCUT2D eigenvalue weighted by atomic mass is 10.1. The van der Waals surface area contributed by atoms with Gasteiger partial charge in [0, 0.05) is 48.5 Å². The first-order chi connectivity index (χ1) is 19.5. The minimum atomic E-state index is -0.0727. The summed E-state index contributed by atoms with van der Waals surface area (Å²) in [5.74, 6) is 1.88. The maximum atomic E-state index is 12.8. The zero-order valence-corrected chi connectivity index (χ0v) is 23.2. The van der Waals surface area contributed by atoms with E-state index in [4.69, 9.17) is 16.6 Å². The third-order valence-corrected chi connectivity index (χ3v) is 8.60. The smallest absolute Gasteiger partial charge is 0.229 e. The number of pyridine rings is 1. The molecule has 1 amide bonds. The second kappa shape index (κ2) is 10.4. The van der Waals surface area contributed by atoms with Gasteiger partial charge in [-0.2, -0.15) is 0 Å². The van der Waals surface area contributed by atoms with Crippen molar-refractivity contribution in [2.24, 2.45) is 5.92 Å². The minimum absolute atomic E-state index is 0.0311. The minimum Gasteiger partial charge on any atom is -0.367 e. The number of carbonyl (C=O) groups is 1. The average molecular weight is 557 g/mol. The van der Waals surface area contributed by atoms with Gasteiger partial charge in [-0.05, 0) is 73.9 Å². The number of hydrogen-bond donors (Lipinski definition) is 3. The predicted molar refractivity (Wildman–Crippen MR) is 157 cm³/mol. The Balaban J connectivity index is 1.03. The SMILES string of the molecule is CNC1CCN(c2cc(C3CC3)cn3cc(CNc4cc(NC(=O)C5CC5c5cccc(Cl)c5)ncn4)nc23)C1. The Hall–Kier alpha value is -3.69. The largest absolute Gasteiger partial charge is 0.367 e. The fraction of sp³-hybridized carbons (Fsp3) is 0.400. The molecule has 10 heteroatoms. The third-order valence-electron chi connectivity index (χ3n) is 8.36. The number of halogens is 1. The molecule has 0 bridgehead atoms. The molecule has 9 nitrogen and oxygen atoms in total. The number of nitrogens with zero attached hydrogens (tertiary/aromatic N) is 5.